The smallest absolute Gasteiger partial charge is 0.238 e. The van der Waals surface area contributed by atoms with Crippen LogP contribution in [0.2, 0.25) is 0 Å². The number of hydrogen-bond acceptors (Lipinski definition) is 2. The highest BCUT2D eigenvalue weighted by molar-refractivity contribution is 9.10. The molecule has 1 aliphatic carbocycles. The largest absolute Gasteiger partial charge is 0.368 e. The van der Waals surface area contributed by atoms with Gasteiger partial charge in [-0.1, -0.05) is 22.0 Å². The molecule has 0 radical (unpaired) electrons. The number of primary amides is 1. The van der Waals surface area contributed by atoms with Gasteiger partial charge in [0.15, 0.2) is 0 Å². The van der Waals surface area contributed by atoms with Gasteiger partial charge in [0.2, 0.25) is 5.91 Å². The minimum Gasteiger partial charge on any atom is -0.368 e. The first-order valence-electron chi connectivity index (χ1n) is 5.33. The molecule has 4 heteroatoms. The third-order valence-electron chi connectivity index (χ3n) is 3.43. The molecule has 86 valence electrons. The molecule has 0 spiro atoms. The highest BCUT2D eigenvalue weighted by Gasteiger charge is 2.38. The van der Waals surface area contributed by atoms with Crippen LogP contribution in [0.5, 0.6) is 0 Å². The molecule has 2 rings (SSSR count). The third-order valence-corrected chi connectivity index (χ3v) is 3.93. The fraction of sp³-hybridized carbons (Fsp3) is 0.417. The molecule has 0 bridgehead atoms. The second-order valence-electron chi connectivity index (χ2n) is 4.29. The van der Waals surface area contributed by atoms with Crippen molar-refractivity contribution in [3.8, 4) is 0 Å². The minimum absolute atomic E-state index is 0.261. The molecule has 1 unspecified atom stereocenters. The summed E-state index contributed by atoms with van der Waals surface area (Å²) < 4.78 is 1.09. The molecule has 1 aromatic rings. The number of halogens is 1. The molecule has 3 nitrogen and oxygen atoms in total. The fourth-order valence-electron chi connectivity index (χ4n) is 2.31. The van der Waals surface area contributed by atoms with Gasteiger partial charge < -0.3 is 11.1 Å². The SMILES string of the molecule is CNC1(C(N)=O)CCc2cc(Br)ccc2C1. The van der Waals surface area contributed by atoms with Crippen LogP contribution in [0.15, 0.2) is 22.7 Å². The van der Waals surface area contributed by atoms with E-state index in [-0.39, 0.29) is 5.91 Å². The zero-order chi connectivity index (χ0) is 11.8. The predicted octanol–water partition coefficient (Wildman–Crippen LogP) is 1.38. The Morgan fingerprint density at radius 2 is 2.25 bits per heavy atom. The first-order chi connectivity index (χ1) is 7.57. The highest BCUT2D eigenvalue weighted by Crippen LogP contribution is 2.30. The summed E-state index contributed by atoms with van der Waals surface area (Å²) in [6.07, 6.45) is 2.34. The Hall–Kier alpha value is -0.870. The van der Waals surface area contributed by atoms with Crippen molar-refractivity contribution in [2.45, 2.75) is 24.8 Å². The lowest BCUT2D eigenvalue weighted by Crippen LogP contribution is -2.57. The van der Waals surface area contributed by atoms with Crippen LogP contribution < -0.4 is 11.1 Å². The summed E-state index contributed by atoms with van der Waals surface area (Å²) in [6.45, 7) is 0. The first-order valence-corrected chi connectivity index (χ1v) is 6.13. The Morgan fingerprint density at radius 3 is 2.88 bits per heavy atom. The summed E-state index contributed by atoms with van der Waals surface area (Å²) in [5.74, 6) is -0.261. The topological polar surface area (TPSA) is 55.1 Å². The maximum absolute atomic E-state index is 11.5. The highest BCUT2D eigenvalue weighted by atomic mass is 79.9. The van der Waals surface area contributed by atoms with Gasteiger partial charge in [-0.3, -0.25) is 4.79 Å². The van der Waals surface area contributed by atoms with Crippen molar-refractivity contribution in [1.29, 1.82) is 0 Å². The molecule has 1 atom stereocenters. The molecule has 1 aliphatic rings. The van der Waals surface area contributed by atoms with E-state index in [4.69, 9.17) is 5.73 Å². The zero-order valence-corrected chi connectivity index (χ0v) is 10.8. The van der Waals surface area contributed by atoms with E-state index in [1.54, 1.807) is 7.05 Å². The number of amides is 1. The third kappa shape index (κ3) is 1.87. The number of hydrogen-bond donors (Lipinski definition) is 2. The summed E-state index contributed by atoms with van der Waals surface area (Å²) in [7, 11) is 1.80. The van der Waals surface area contributed by atoms with E-state index in [0.29, 0.717) is 6.42 Å². The van der Waals surface area contributed by atoms with Crippen molar-refractivity contribution in [3.05, 3.63) is 33.8 Å². The number of likely N-dealkylation sites (N-methyl/N-ethyl adjacent to an activating group) is 1. The van der Waals surface area contributed by atoms with Gasteiger partial charge in [0.1, 0.15) is 5.54 Å². The van der Waals surface area contributed by atoms with Gasteiger partial charge in [-0.15, -0.1) is 0 Å². The van der Waals surface area contributed by atoms with Crippen LogP contribution in [0, 0.1) is 0 Å². The molecular weight excluding hydrogens is 268 g/mol. The average Bonchev–Trinajstić information content (AvgIpc) is 2.28. The first kappa shape index (κ1) is 11.6. The standard InChI is InChI=1S/C12H15BrN2O/c1-15-12(11(14)16)5-4-8-6-10(13)3-2-9(8)7-12/h2-3,6,15H,4-5,7H2,1H3,(H2,14,16). The monoisotopic (exact) mass is 282 g/mol. The van der Waals surface area contributed by atoms with E-state index < -0.39 is 5.54 Å². The number of carbonyl (C=O) groups is 1. The second-order valence-corrected chi connectivity index (χ2v) is 5.20. The zero-order valence-electron chi connectivity index (χ0n) is 9.22. The number of nitrogens with one attached hydrogen (secondary N) is 1. The molecule has 0 aromatic heterocycles. The van der Waals surface area contributed by atoms with Crippen molar-refractivity contribution in [2.75, 3.05) is 7.05 Å². The van der Waals surface area contributed by atoms with Crippen molar-refractivity contribution in [1.82, 2.24) is 5.32 Å². The Kier molecular flexibility index (Phi) is 3.04. The van der Waals surface area contributed by atoms with Crippen LogP contribution in [0.1, 0.15) is 17.5 Å². The van der Waals surface area contributed by atoms with E-state index in [9.17, 15) is 4.79 Å². The molecule has 0 saturated heterocycles. The lowest BCUT2D eigenvalue weighted by Gasteiger charge is -2.35. The normalized spacial score (nSPS) is 23.9. The summed E-state index contributed by atoms with van der Waals surface area (Å²) in [4.78, 5) is 11.5. The van der Waals surface area contributed by atoms with E-state index in [1.807, 2.05) is 6.07 Å². The summed E-state index contributed by atoms with van der Waals surface area (Å²) in [6, 6.07) is 6.19. The van der Waals surface area contributed by atoms with Gasteiger partial charge in [0.05, 0.1) is 0 Å². The molecule has 0 saturated carbocycles. The number of carbonyl (C=O) groups excluding carboxylic acids is 1. The Bertz CT molecular complexity index is 433. The van der Waals surface area contributed by atoms with Crippen LogP contribution in [0.3, 0.4) is 0 Å². The minimum atomic E-state index is -0.569. The summed E-state index contributed by atoms with van der Waals surface area (Å²) in [5.41, 5.74) is 7.44. The number of benzene rings is 1. The summed E-state index contributed by atoms with van der Waals surface area (Å²) in [5, 5.41) is 3.09. The van der Waals surface area contributed by atoms with Crippen molar-refractivity contribution >= 4 is 21.8 Å². The molecule has 1 aromatic carbocycles. The molecule has 0 fully saturated rings. The number of rotatable bonds is 2. The molecule has 16 heavy (non-hydrogen) atoms. The molecule has 1 amide bonds. The molecule has 3 N–H and O–H groups in total. The second kappa shape index (κ2) is 4.18. The quantitative estimate of drug-likeness (QED) is 0.861. The Morgan fingerprint density at radius 1 is 1.50 bits per heavy atom. The van der Waals surface area contributed by atoms with E-state index in [0.717, 1.165) is 17.3 Å². The molecular formula is C12H15BrN2O. The number of fused-ring (bicyclic) bond motifs is 1. The Labute approximate surface area is 104 Å². The van der Waals surface area contributed by atoms with Gasteiger partial charge in [0.25, 0.3) is 0 Å². The molecule has 0 heterocycles. The van der Waals surface area contributed by atoms with Gasteiger partial charge in [-0.2, -0.15) is 0 Å². The molecule has 0 aliphatic heterocycles. The lowest BCUT2D eigenvalue weighted by atomic mass is 9.77. The van der Waals surface area contributed by atoms with E-state index in [2.05, 4.69) is 33.4 Å². The van der Waals surface area contributed by atoms with Gasteiger partial charge >= 0.3 is 0 Å². The van der Waals surface area contributed by atoms with Crippen molar-refractivity contribution in [3.63, 3.8) is 0 Å². The van der Waals surface area contributed by atoms with Crippen LogP contribution in [-0.2, 0) is 17.6 Å². The van der Waals surface area contributed by atoms with E-state index in [1.165, 1.54) is 11.1 Å². The maximum atomic E-state index is 11.5. The van der Waals surface area contributed by atoms with Crippen molar-refractivity contribution < 1.29 is 4.79 Å². The number of aryl methyl sites for hydroxylation is 1. The summed E-state index contributed by atoms with van der Waals surface area (Å²) >= 11 is 3.46. The maximum Gasteiger partial charge on any atom is 0.238 e. The van der Waals surface area contributed by atoms with Gasteiger partial charge in [-0.25, -0.2) is 0 Å². The van der Waals surface area contributed by atoms with Crippen LogP contribution >= 0.6 is 15.9 Å². The van der Waals surface area contributed by atoms with E-state index >= 15 is 0 Å². The lowest BCUT2D eigenvalue weighted by molar-refractivity contribution is -0.124. The average molecular weight is 283 g/mol. The Balaban J connectivity index is 2.36. The van der Waals surface area contributed by atoms with Crippen LogP contribution in [0.4, 0.5) is 0 Å². The van der Waals surface area contributed by atoms with Crippen LogP contribution in [0.25, 0.3) is 0 Å². The fourth-order valence-corrected chi connectivity index (χ4v) is 2.72. The van der Waals surface area contributed by atoms with Gasteiger partial charge in [0, 0.05) is 4.47 Å². The van der Waals surface area contributed by atoms with Crippen molar-refractivity contribution in [2.24, 2.45) is 5.73 Å². The number of nitrogens with two attached hydrogens (primary N) is 1. The van der Waals surface area contributed by atoms with Gasteiger partial charge in [-0.05, 0) is 49.6 Å². The predicted molar refractivity (Wildman–Crippen MR) is 67.2 cm³/mol. The van der Waals surface area contributed by atoms with Crippen LogP contribution in [-0.4, -0.2) is 18.5 Å².